The van der Waals surface area contributed by atoms with Gasteiger partial charge in [-0.15, -0.1) is 0 Å². The van der Waals surface area contributed by atoms with Crippen molar-refractivity contribution in [2.75, 3.05) is 13.7 Å². The summed E-state index contributed by atoms with van der Waals surface area (Å²) in [6.45, 7) is 1.03. The first kappa shape index (κ1) is 18.7. The molecule has 1 aliphatic heterocycles. The van der Waals surface area contributed by atoms with E-state index in [-0.39, 0.29) is 41.3 Å². The normalized spacial score (nSPS) is 29.0. The van der Waals surface area contributed by atoms with Crippen LogP contribution in [0.1, 0.15) is 36.5 Å². The van der Waals surface area contributed by atoms with Gasteiger partial charge in [-0.25, -0.2) is 4.79 Å². The number of esters is 1. The van der Waals surface area contributed by atoms with Crippen LogP contribution in [0.15, 0.2) is 24.3 Å². The van der Waals surface area contributed by atoms with E-state index in [9.17, 15) is 19.2 Å². The minimum atomic E-state index is -1.02. The van der Waals surface area contributed by atoms with E-state index < -0.39 is 18.6 Å². The smallest absolute Gasteiger partial charge is 0.329 e. The van der Waals surface area contributed by atoms with Crippen molar-refractivity contribution in [3.05, 3.63) is 29.8 Å². The van der Waals surface area contributed by atoms with Crippen molar-refractivity contribution in [3.63, 3.8) is 0 Å². The Morgan fingerprint density at radius 3 is 2.39 bits per heavy atom. The molecule has 1 saturated heterocycles. The standard InChI is InChI=1S/C21H23NO6/c1-11(21(26)28-10-16(23)12-4-3-5-15(9-12)27-2)22-19(24)17-13-6-7-14(8-13)18(17)20(22)25/h3-5,9,11,13-14,17-18H,6-8,10H2,1-2H3/t11-,13-,14+,17-,18+/m0/s1. The van der Waals surface area contributed by atoms with Crippen molar-refractivity contribution in [1.29, 1.82) is 0 Å². The third-order valence-electron chi connectivity index (χ3n) is 6.43. The molecule has 5 atom stereocenters. The van der Waals surface area contributed by atoms with Crippen LogP contribution >= 0.6 is 0 Å². The van der Waals surface area contributed by atoms with Gasteiger partial charge in [0.1, 0.15) is 11.8 Å². The zero-order valence-electron chi connectivity index (χ0n) is 15.9. The number of carbonyl (C=O) groups excluding carboxylic acids is 4. The number of Topliss-reactive ketones (excluding diaryl/α,β-unsaturated/α-hetero) is 1. The van der Waals surface area contributed by atoms with Gasteiger partial charge in [-0.05, 0) is 50.2 Å². The molecule has 2 saturated carbocycles. The fourth-order valence-corrected chi connectivity index (χ4v) is 5.06. The predicted octanol–water partition coefficient (Wildman–Crippen LogP) is 1.84. The molecule has 1 aromatic rings. The number of rotatable bonds is 6. The number of carbonyl (C=O) groups is 4. The van der Waals surface area contributed by atoms with Gasteiger partial charge in [-0.3, -0.25) is 19.3 Å². The molecule has 7 nitrogen and oxygen atoms in total. The SMILES string of the molecule is COc1cccc(C(=O)COC(=O)[C@H](C)N2C(=O)[C@@H]3[C@@H]4CC[C@@H](C4)[C@@H]3C2=O)c1. The highest BCUT2D eigenvalue weighted by atomic mass is 16.5. The molecule has 0 unspecified atom stereocenters. The highest BCUT2D eigenvalue weighted by Gasteiger charge is 2.62. The summed E-state index contributed by atoms with van der Waals surface area (Å²) in [6, 6.07) is 5.52. The number of hydrogen-bond acceptors (Lipinski definition) is 6. The monoisotopic (exact) mass is 385 g/mol. The van der Waals surface area contributed by atoms with E-state index in [4.69, 9.17) is 9.47 Å². The molecule has 0 aromatic heterocycles. The number of methoxy groups -OCH3 is 1. The van der Waals surface area contributed by atoms with E-state index in [1.54, 1.807) is 24.3 Å². The summed E-state index contributed by atoms with van der Waals surface area (Å²) in [7, 11) is 1.50. The van der Waals surface area contributed by atoms with Crippen LogP contribution in [-0.4, -0.2) is 48.2 Å². The highest BCUT2D eigenvalue weighted by Crippen LogP contribution is 2.56. The maximum atomic E-state index is 12.8. The number of imide groups is 1. The maximum absolute atomic E-state index is 12.8. The lowest BCUT2D eigenvalue weighted by atomic mass is 9.81. The van der Waals surface area contributed by atoms with Crippen LogP contribution in [0.3, 0.4) is 0 Å². The van der Waals surface area contributed by atoms with Crippen molar-refractivity contribution in [3.8, 4) is 5.75 Å². The Morgan fingerprint density at radius 1 is 1.14 bits per heavy atom. The Morgan fingerprint density at radius 2 is 1.79 bits per heavy atom. The Hall–Kier alpha value is -2.70. The summed E-state index contributed by atoms with van der Waals surface area (Å²) in [5.74, 6) is -1.15. The topological polar surface area (TPSA) is 90.0 Å². The number of hydrogen-bond donors (Lipinski definition) is 0. The molecule has 2 aliphatic carbocycles. The molecule has 2 amide bonds. The van der Waals surface area contributed by atoms with Crippen LogP contribution in [0.4, 0.5) is 0 Å². The second-order valence-corrected chi connectivity index (χ2v) is 7.87. The van der Waals surface area contributed by atoms with E-state index in [1.165, 1.54) is 14.0 Å². The predicted molar refractivity (Wildman–Crippen MR) is 97.4 cm³/mol. The molecule has 1 heterocycles. The van der Waals surface area contributed by atoms with Gasteiger partial charge in [0.05, 0.1) is 18.9 Å². The summed E-state index contributed by atoms with van der Waals surface area (Å²) in [5, 5.41) is 0. The van der Waals surface area contributed by atoms with Gasteiger partial charge in [0.2, 0.25) is 11.8 Å². The van der Waals surface area contributed by atoms with E-state index in [2.05, 4.69) is 0 Å². The maximum Gasteiger partial charge on any atom is 0.329 e. The molecule has 148 valence electrons. The number of amides is 2. The molecule has 0 spiro atoms. The van der Waals surface area contributed by atoms with Gasteiger partial charge in [-0.2, -0.15) is 0 Å². The van der Waals surface area contributed by atoms with Crippen molar-refractivity contribution in [2.24, 2.45) is 23.7 Å². The number of nitrogens with zero attached hydrogens (tertiary/aromatic N) is 1. The zero-order chi connectivity index (χ0) is 20.0. The van der Waals surface area contributed by atoms with E-state index in [0.29, 0.717) is 11.3 Å². The van der Waals surface area contributed by atoms with Gasteiger partial charge in [0, 0.05) is 5.56 Å². The molecule has 1 aromatic carbocycles. The quantitative estimate of drug-likeness (QED) is 0.422. The molecular formula is C21H23NO6. The van der Waals surface area contributed by atoms with Crippen LogP contribution < -0.4 is 4.74 Å². The Bertz CT molecular complexity index is 821. The second-order valence-electron chi connectivity index (χ2n) is 7.87. The number of fused-ring (bicyclic) bond motifs is 5. The van der Waals surface area contributed by atoms with Crippen LogP contribution in [0, 0.1) is 23.7 Å². The molecule has 2 bridgehead atoms. The van der Waals surface area contributed by atoms with Gasteiger partial charge < -0.3 is 9.47 Å². The highest BCUT2D eigenvalue weighted by molar-refractivity contribution is 6.08. The number of ketones is 1. The second kappa shape index (κ2) is 7.04. The Kier molecular flexibility index (Phi) is 4.69. The van der Waals surface area contributed by atoms with E-state index in [1.807, 2.05) is 0 Å². The molecule has 3 fully saturated rings. The summed E-state index contributed by atoms with van der Waals surface area (Å²) < 4.78 is 10.2. The third-order valence-corrected chi connectivity index (χ3v) is 6.43. The van der Waals surface area contributed by atoms with Crippen LogP contribution in [0.5, 0.6) is 5.75 Å². The zero-order valence-corrected chi connectivity index (χ0v) is 15.9. The van der Waals surface area contributed by atoms with Crippen molar-refractivity contribution in [2.45, 2.75) is 32.2 Å². The minimum Gasteiger partial charge on any atom is -0.497 e. The summed E-state index contributed by atoms with van der Waals surface area (Å²) in [4.78, 5) is 51.3. The van der Waals surface area contributed by atoms with E-state index >= 15 is 0 Å². The Balaban J connectivity index is 1.39. The number of likely N-dealkylation sites (tertiary alicyclic amines) is 1. The Labute approximate surface area is 163 Å². The fourth-order valence-electron chi connectivity index (χ4n) is 5.06. The molecule has 3 aliphatic rings. The van der Waals surface area contributed by atoms with Gasteiger partial charge >= 0.3 is 5.97 Å². The molecular weight excluding hydrogens is 362 g/mol. The van der Waals surface area contributed by atoms with E-state index in [0.717, 1.165) is 24.2 Å². The summed E-state index contributed by atoms with van der Waals surface area (Å²) >= 11 is 0. The molecule has 0 radical (unpaired) electrons. The summed E-state index contributed by atoms with van der Waals surface area (Å²) in [6.07, 6.45) is 2.90. The first-order valence-corrected chi connectivity index (χ1v) is 9.63. The average molecular weight is 385 g/mol. The largest absolute Gasteiger partial charge is 0.497 e. The lowest BCUT2D eigenvalue weighted by molar-refractivity contribution is -0.157. The fraction of sp³-hybridized carbons (Fsp3) is 0.524. The van der Waals surface area contributed by atoms with Crippen LogP contribution in [-0.2, 0) is 19.1 Å². The molecule has 4 rings (SSSR count). The number of benzene rings is 1. The van der Waals surface area contributed by atoms with Gasteiger partial charge in [-0.1, -0.05) is 12.1 Å². The minimum absolute atomic E-state index is 0.259. The van der Waals surface area contributed by atoms with Crippen molar-refractivity contribution >= 4 is 23.6 Å². The third kappa shape index (κ3) is 2.89. The van der Waals surface area contributed by atoms with Gasteiger partial charge in [0.25, 0.3) is 0 Å². The van der Waals surface area contributed by atoms with Crippen molar-refractivity contribution < 1.29 is 28.7 Å². The van der Waals surface area contributed by atoms with Crippen molar-refractivity contribution in [1.82, 2.24) is 4.90 Å². The molecule has 28 heavy (non-hydrogen) atoms. The lowest BCUT2D eigenvalue weighted by Crippen LogP contribution is -2.45. The molecule has 7 heteroatoms. The average Bonchev–Trinajstić information content (AvgIpc) is 3.39. The number of ether oxygens (including phenoxy) is 2. The summed E-state index contributed by atoms with van der Waals surface area (Å²) in [5.41, 5.74) is 0.360. The van der Waals surface area contributed by atoms with Gasteiger partial charge in [0.15, 0.2) is 12.4 Å². The first-order chi connectivity index (χ1) is 13.4. The first-order valence-electron chi connectivity index (χ1n) is 9.63. The lowest BCUT2D eigenvalue weighted by Gasteiger charge is -2.22. The molecule has 0 N–H and O–H groups in total. The van der Waals surface area contributed by atoms with Crippen LogP contribution in [0.2, 0.25) is 0 Å². The van der Waals surface area contributed by atoms with Crippen LogP contribution in [0.25, 0.3) is 0 Å².